The summed E-state index contributed by atoms with van der Waals surface area (Å²) in [4.78, 5) is 19.2. The van der Waals surface area contributed by atoms with Crippen molar-refractivity contribution in [3.8, 4) is 0 Å². The van der Waals surface area contributed by atoms with Crippen LogP contribution in [0.15, 0.2) is 22.9 Å². The van der Waals surface area contributed by atoms with E-state index in [1.165, 1.54) is 0 Å². The average Bonchev–Trinajstić information content (AvgIpc) is 3.31. The van der Waals surface area contributed by atoms with Gasteiger partial charge in [-0.15, -0.1) is 0 Å². The quantitative estimate of drug-likeness (QED) is 0.807. The zero-order chi connectivity index (χ0) is 19.7. The van der Waals surface area contributed by atoms with E-state index in [2.05, 4.69) is 24.0 Å². The number of aryl methyl sites for hydroxylation is 1. The summed E-state index contributed by atoms with van der Waals surface area (Å²) in [5.74, 6) is 2.39. The Labute approximate surface area is 166 Å². The van der Waals surface area contributed by atoms with Crippen molar-refractivity contribution in [2.75, 3.05) is 19.7 Å². The minimum Gasteiger partial charge on any atom is -0.375 e. The summed E-state index contributed by atoms with van der Waals surface area (Å²) in [6.45, 7) is 6.38. The molecule has 4 heterocycles. The minimum atomic E-state index is -0.113. The van der Waals surface area contributed by atoms with Gasteiger partial charge in [0.25, 0.3) is 5.91 Å². The van der Waals surface area contributed by atoms with Crippen molar-refractivity contribution in [3.05, 3.63) is 35.7 Å². The number of hydrogen-bond donors (Lipinski definition) is 0. The SMILES string of the molecule is CC(C)c1nc(CC2CCOC3(CCN(C(=O)c4cccn4C)CC3)C2)no1. The first kappa shape index (κ1) is 19.2. The van der Waals surface area contributed by atoms with Crippen LogP contribution in [0.5, 0.6) is 0 Å². The molecular formula is C21H30N4O3. The molecule has 0 saturated carbocycles. The smallest absolute Gasteiger partial charge is 0.270 e. The number of nitrogens with zero attached hydrogens (tertiary/aromatic N) is 4. The molecule has 7 nitrogen and oxygen atoms in total. The van der Waals surface area contributed by atoms with E-state index < -0.39 is 0 Å². The van der Waals surface area contributed by atoms with Crippen molar-refractivity contribution in [2.45, 2.75) is 57.5 Å². The van der Waals surface area contributed by atoms with Crippen LogP contribution in [0.3, 0.4) is 0 Å². The van der Waals surface area contributed by atoms with E-state index in [9.17, 15) is 4.79 Å². The first-order valence-electron chi connectivity index (χ1n) is 10.3. The molecule has 2 aliphatic heterocycles. The second-order valence-corrected chi connectivity index (χ2v) is 8.59. The maximum absolute atomic E-state index is 12.8. The number of piperidine rings is 1. The Morgan fingerprint density at radius 3 is 2.79 bits per heavy atom. The number of likely N-dealkylation sites (tertiary alicyclic amines) is 1. The lowest BCUT2D eigenvalue weighted by molar-refractivity contribution is -0.123. The van der Waals surface area contributed by atoms with E-state index in [-0.39, 0.29) is 17.4 Å². The molecule has 0 bridgehead atoms. The van der Waals surface area contributed by atoms with Crippen molar-refractivity contribution >= 4 is 5.91 Å². The predicted octanol–water partition coefficient (Wildman–Crippen LogP) is 3.18. The molecule has 1 unspecified atom stereocenters. The predicted molar refractivity (Wildman–Crippen MR) is 104 cm³/mol. The molecule has 2 saturated heterocycles. The zero-order valence-electron chi connectivity index (χ0n) is 17.1. The summed E-state index contributed by atoms with van der Waals surface area (Å²) in [5, 5.41) is 4.15. The first-order chi connectivity index (χ1) is 13.5. The van der Waals surface area contributed by atoms with Gasteiger partial charge in [-0.3, -0.25) is 4.79 Å². The van der Waals surface area contributed by atoms with Gasteiger partial charge in [0, 0.05) is 45.3 Å². The van der Waals surface area contributed by atoms with Gasteiger partial charge < -0.3 is 18.7 Å². The number of hydrogen-bond acceptors (Lipinski definition) is 5. The summed E-state index contributed by atoms with van der Waals surface area (Å²) in [5.41, 5.74) is 0.634. The van der Waals surface area contributed by atoms with Crippen LogP contribution in [0.25, 0.3) is 0 Å². The Morgan fingerprint density at radius 1 is 1.36 bits per heavy atom. The van der Waals surface area contributed by atoms with E-state index in [0.717, 1.165) is 63.3 Å². The molecular weight excluding hydrogens is 356 g/mol. The van der Waals surface area contributed by atoms with Crippen molar-refractivity contribution in [2.24, 2.45) is 13.0 Å². The largest absolute Gasteiger partial charge is 0.375 e. The van der Waals surface area contributed by atoms with Crippen LogP contribution in [-0.2, 0) is 18.2 Å². The topological polar surface area (TPSA) is 73.4 Å². The van der Waals surface area contributed by atoms with Crippen LogP contribution in [0.1, 0.15) is 67.7 Å². The van der Waals surface area contributed by atoms with E-state index in [1.54, 1.807) is 0 Å². The number of carbonyl (C=O) groups excluding carboxylic acids is 1. The average molecular weight is 386 g/mol. The van der Waals surface area contributed by atoms with Crippen molar-refractivity contribution < 1.29 is 14.1 Å². The Hall–Kier alpha value is -2.15. The molecule has 7 heteroatoms. The lowest BCUT2D eigenvalue weighted by atomic mass is 9.78. The van der Waals surface area contributed by atoms with Gasteiger partial charge in [-0.25, -0.2) is 0 Å². The van der Waals surface area contributed by atoms with Gasteiger partial charge in [0.15, 0.2) is 5.82 Å². The van der Waals surface area contributed by atoms with Gasteiger partial charge in [0.2, 0.25) is 5.89 Å². The molecule has 0 radical (unpaired) electrons. The third kappa shape index (κ3) is 3.85. The highest BCUT2D eigenvalue weighted by Gasteiger charge is 2.41. The van der Waals surface area contributed by atoms with E-state index in [0.29, 0.717) is 11.8 Å². The third-order valence-corrected chi connectivity index (χ3v) is 6.17. The number of ether oxygens (including phenoxy) is 1. The van der Waals surface area contributed by atoms with Crippen LogP contribution >= 0.6 is 0 Å². The molecule has 1 atom stereocenters. The number of aromatic nitrogens is 3. The summed E-state index contributed by atoms with van der Waals surface area (Å²) in [6.07, 6.45) is 6.57. The number of rotatable bonds is 4. The maximum atomic E-state index is 12.8. The van der Waals surface area contributed by atoms with Crippen LogP contribution in [0.2, 0.25) is 0 Å². The molecule has 1 amide bonds. The van der Waals surface area contributed by atoms with E-state index in [1.807, 2.05) is 34.8 Å². The van der Waals surface area contributed by atoms with Crippen LogP contribution < -0.4 is 0 Å². The summed E-state index contributed by atoms with van der Waals surface area (Å²) in [7, 11) is 1.91. The fourth-order valence-corrected chi connectivity index (χ4v) is 4.46. The van der Waals surface area contributed by atoms with Gasteiger partial charge in [0.05, 0.1) is 5.60 Å². The summed E-state index contributed by atoms with van der Waals surface area (Å²) >= 11 is 0. The molecule has 2 aromatic heterocycles. The lowest BCUT2D eigenvalue weighted by Gasteiger charge is -2.46. The highest BCUT2D eigenvalue weighted by Crippen LogP contribution is 2.39. The highest BCUT2D eigenvalue weighted by atomic mass is 16.5. The Balaban J connectivity index is 1.35. The molecule has 0 N–H and O–H groups in total. The molecule has 1 spiro atoms. The Kier molecular flexibility index (Phi) is 5.27. The van der Waals surface area contributed by atoms with Crippen molar-refractivity contribution in [1.82, 2.24) is 19.6 Å². The fourth-order valence-electron chi connectivity index (χ4n) is 4.46. The second-order valence-electron chi connectivity index (χ2n) is 8.59. The van der Waals surface area contributed by atoms with Crippen LogP contribution in [-0.4, -0.2) is 50.8 Å². The molecule has 28 heavy (non-hydrogen) atoms. The summed E-state index contributed by atoms with van der Waals surface area (Å²) in [6, 6.07) is 3.80. The summed E-state index contributed by atoms with van der Waals surface area (Å²) < 4.78 is 13.5. The van der Waals surface area contributed by atoms with E-state index >= 15 is 0 Å². The lowest BCUT2D eigenvalue weighted by Crippen LogP contribution is -2.51. The normalized spacial score (nSPS) is 22.1. The number of carbonyl (C=O) groups is 1. The third-order valence-electron chi connectivity index (χ3n) is 6.17. The monoisotopic (exact) mass is 386 g/mol. The highest BCUT2D eigenvalue weighted by molar-refractivity contribution is 5.92. The molecule has 152 valence electrons. The van der Waals surface area contributed by atoms with Gasteiger partial charge in [-0.1, -0.05) is 19.0 Å². The minimum absolute atomic E-state index is 0.113. The van der Waals surface area contributed by atoms with E-state index in [4.69, 9.17) is 9.26 Å². The van der Waals surface area contributed by atoms with Crippen molar-refractivity contribution in [1.29, 1.82) is 0 Å². The van der Waals surface area contributed by atoms with Crippen LogP contribution in [0.4, 0.5) is 0 Å². The molecule has 4 rings (SSSR count). The zero-order valence-corrected chi connectivity index (χ0v) is 17.1. The molecule has 0 aromatic carbocycles. The van der Waals surface area contributed by atoms with Gasteiger partial charge in [0.1, 0.15) is 5.69 Å². The fraction of sp³-hybridized carbons (Fsp3) is 0.667. The van der Waals surface area contributed by atoms with Crippen LogP contribution in [0, 0.1) is 5.92 Å². The number of amides is 1. The Bertz CT molecular complexity index is 817. The van der Waals surface area contributed by atoms with Gasteiger partial charge >= 0.3 is 0 Å². The molecule has 2 aliphatic rings. The first-order valence-corrected chi connectivity index (χ1v) is 10.3. The standard InChI is InChI=1S/C21H30N4O3/c1-15(2)19-22-18(23-28-19)13-16-6-12-27-21(14-16)7-10-25(11-8-21)20(26)17-5-4-9-24(17)3/h4-5,9,15-16H,6-8,10-14H2,1-3H3. The molecule has 0 aliphatic carbocycles. The maximum Gasteiger partial charge on any atom is 0.270 e. The molecule has 2 aromatic rings. The van der Waals surface area contributed by atoms with Gasteiger partial charge in [-0.2, -0.15) is 4.98 Å². The molecule has 2 fully saturated rings. The van der Waals surface area contributed by atoms with Crippen molar-refractivity contribution in [3.63, 3.8) is 0 Å². The Morgan fingerprint density at radius 2 is 2.14 bits per heavy atom. The van der Waals surface area contributed by atoms with Gasteiger partial charge in [-0.05, 0) is 43.7 Å². The second kappa shape index (κ2) is 7.70.